The second kappa shape index (κ2) is 5.54. The van der Waals surface area contributed by atoms with Crippen LogP contribution in [0.2, 0.25) is 5.02 Å². The van der Waals surface area contributed by atoms with E-state index in [1.54, 1.807) is 24.3 Å². The number of anilines is 2. The first kappa shape index (κ1) is 13.8. The van der Waals surface area contributed by atoms with E-state index in [9.17, 15) is 14.9 Å². The quantitative estimate of drug-likeness (QED) is 0.663. The molecule has 1 aromatic carbocycles. The summed E-state index contributed by atoms with van der Waals surface area (Å²) in [6, 6.07) is 7.49. The molecule has 0 atom stereocenters. The minimum atomic E-state index is -1.28. The van der Waals surface area contributed by atoms with Gasteiger partial charge in [-0.25, -0.2) is 9.78 Å². The Morgan fingerprint density at radius 1 is 1.40 bits per heavy atom. The molecule has 2 aromatic rings. The van der Waals surface area contributed by atoms with Gasteiger partial charge in [-0.05, 0) is 18.2 Å². The van der Waals surface area contributed by atoms with Gasteiger partial charge in [0.2, 0.25) is 5.82 Å². The van der Waals surface area contributed by atoms with E-state index >= 15 is 0 Å². The Bertz CT molecular complexity index is 690. The molecule has 0 aliphatic carbocycles. The van der Waals surface area contributed by atoms with E-state index in [0.717, 1.165) is 12.3 Å². The van der Waals surface area contributed by atoms with Gasteiger partial charge in [-0.2, -0.15) is 0 Å². The third kappa shape index (κ3) is 3.01. The highest BCUT2D eigenvalue weighted by Crippen LogP contribution is 2.27. The van der Waals surface area contributed by atoms with Crippen molar-refractivity contribution in [1.82, 2.24) is 4.98 Å². The minimum Gasteiger partial charge on any atom is -0.478 e. The molecule has 0 aliphatic rings. The topological polar surface area (TPSA) is 105 Å². The van der Waals surface area contributed by atoms with Crippen molar-refractivity contribution in [3.8, 4) is 0 Å². The molecule has 2 N–H and O–H groups in total. The average Bonchev–Trinajstić information content (AvgIpc) is 2.38. The van der Waals surface area contributed by atoms with Gasteiger partial charge in [0.1, 0.15) is 0 Å². The first-order chi connectivity index (χ1) is 9.47. The molecule has 0 radical (unpaired) electrons. The minimum absolute atomic E-state index is 0.0535. The Balaban J connectivity index is 2.41. The fourth-order valence-electron chi connectivity index (χ4n) is 1.51. The van der Waals surface area contributed by atoms with Crippen molar-refractivity contribution in [2.24, 2.45) is 0 Å². The third-order valence-electron chi connectivity index (χ3n) is 2.40. The number of carboxylic acid groups (broad SMARTS) is 1. The predicted octanol–water partition coefficient (Wildman–Crippen LogP) is 3.09. The van der Waals surface area contributed by atoms with E-state index in [2.05, 4.69) is 10.3 Å². The smallest absolute Gasteiger partial charge is 0.337 e. The highest BCUT2D eigenvalue weighted by molar-refractivity contribution is 6.30. The molecule has 0 spiro atoms. The lowest BCUT2D eigenvalue weighted by Crippen LogP contribution is -2.04. The first-order valence-electron chi connectivity index (χ1n) is 5.37. The largest absolute Gasteiger partial charge is 0.478 e. The second-order valence-corrected chi connectivity index (χ2v) is 4.23. The van der Waals surface area contributed by atoms with Crippen molar-refractivity contribution >= 4 is 34.8 Å². The van der Waals surface area contributed by atoms with Gasteiger partial charge in [-0.1, -0.05) is 17.7 Å². The molecule has 1 aromatic heterocycles. The van der Waals surface area contributed by atoms with Crippen LogP contribution in [0.15, 0.2) is 36.5 Å². The lowest BCUT2D eigenvalue weighted by atomic mass is 10.2. The maximum absolute atomic E-state index is 11.0. The van der Waals surface area contributed by atoms with Crippen molar-refractivity contribution in [3.63, 3.8) is 0 Å². The average molecular weight is 294 g/mol. The fourth-order valence-corrected chi connectivity index (χ4v) is 1.70. The number of rotatable bonds is 4. The Morgan fingerprint density at radius 2 is 2.15 bits per heavy atom. The van der Waals surface area contributed by atoms with Crippen molar-refractivity contribution in [2.75, 3.05) is 5.32 Å². The lowest BCUT2D eigenvalue weighted by molar-refractivity contribution is -0.384. The SMILES string of the molecule is O=C(O)c1cnc(Nc2cccc(Cl)c2)c([N+](=O)[O-])c1. The van der Waals surface area contributed by atoms with Gasteiger partial charge in [-0.15, -0.1) is 0 Å². The van der Waals surface area contributed by atoms with E-state index in [0.29, 0.717) is 10.7 Å². The van der Waals surface area contributed by atoms with Crippen LogP contribution in [0.1, 0.15) is 10.4 Å². The van der Waals surface area contributed by atoms with Crippen LogP contribution in [-0.4, -0.2) is 21.0 Å². The number of aromatic nitrogens is 1. The molecule has 0 saturated heterocycles. The van der Waals surface area contributed by atoms with E-state index in [1.807, 2.05) is 0 Å². The Hall–Kier alpha value is -2.67. The van der Waals surface area contributed by atoms with Crippen molar-refractivity contribution < 1.29 is 14.8 Å². The number of hydrogen-bond donors (Lipinski definition) is 2. The van der Waals surface area contributed by atoms with Gasteiger partial charge < -0.3 is 10.4 Å². The van der Waals surface area contributed by atoms with E-state index in [1.165, 1.54) is 0 Å². The fraction of sp³-hybridized carbons (Fsp3) is 0. The van der Waals surface area contributed by atoms with Crippen LogP contribution in [0.3, 0.4) is 0 Å². The van der Waals surface area contributed by atoms with Gasteiger partial charge in [0.25, 0.3) is 0 Å². The van der Waals surface area contributed by atoms with Gasteiger partial charge >= 0.3 is 11.7 Å². The number of pyridine rings is 1. The second-order valence-electron chi connectivity index (χ2n) is 3.79. The van der Waals surface area contributed by atoms with E-state index < -0.39 is 16.6 Å². The van der Waals surface area contributed by atoms with E-state index in [4.69, 9.17) is 16.7 Å². The Morgan fingerprint density at radius 3 is 2.75 bits per heavy atom. The predicted molar refractivity (Wildman–Crippen MR) is 72.6 cm³/mol. The molecule has 1 heterocycles. The third-order valence-corrected chi connectivity index (χ3v) is 2.63. The van der Waals surface area contributed by atoms with Crippen molar-refractivity contribution in [2.45, 2.75) is 0 Å². The molecule has 102 valence electrons. The molecule has 7 nitrogen and oxygen atoms in total. The molecule has 0 aliphatic heterocycles. The van der Waals surface area contributed by atoms with Crippen LogP contribution in [-0.2, 0) is 0 Å². The number of carbonyl (C=O) groups is 1. The summed E-state index contributed by atoms with van der Waals surface area (Å²) < 4.78 is 0. The molecule has 0 saturated carbocycles. The molecule has 8 heteroatoms. The maximum Gasteiger partial charge on any atom is 0.337 e. The number of aromatic carboxylic acids is 1. The summed E-state index contributed by atoms with van der Waals surface area (Å²) in [5.41, 5.74) is -0.172. The monoisotopic (exact) mass is 293 g/mol. The molecule has 20 heavy (non-hydrogen) atoms. The van der Waals surface area contributed by atoms with Gasteiger partial charge in [0, 0.05) is 23.0 Å². The van der Waals surface area contributed by atoms with Crippen molar-refractivity contribution in [3.05, 3.63) is 57.2 Å². The number of nitro groups is 1. The van der Waals surface area contributed by atoms with Crippen LogP contribution >= 0.6 is 11.6 Å². The highest BCUT2D eigenvalue weighted by Gasteiger charge is 2.19. The number of nitrogens with one attached hydrogen (secondary N) is 1. The van der Waals surface area contributed by atoms with Crippen LogP contribution in [0, 0.1) is 10.1 Å². The van der Waals surface area contributed by atoms with Gasteiger partial charge in [-0.3, -0.25) is 10.1 Å². The molecular formula is C12H8ClN3O4. The highest BCUT2D eigenvalue weighted by atomic mass is 35.5. The van der Waals surface area contributed by atoms with Gasteiger partial charge in [0.15, 0.2) is 0 Å². The standard InChI is InChI=1S/C12H8ClN3O4/c13-8-2-1-3-9(5-8)15-11-10(16(19)20)4-7(6-14-11)12(17)18/h1-6H,(H,14,15)(H,17,18). The number of benzene rings is 1. The Kier molecular flexibility index (Phi) is 3.81. The summed E-state index contributed by atoms with van der Waals surface area (Å²) in [7, 11) is 0. The zero-order chi connectivity index (χ0) is 14.7. The number of halogens is 1. The molecule has 0 bridgehead atoms. The maximum atomic E-state index is 11.0. The van der Waals surface area contributed by atoms with Gasteiger partial charge in [0.05, 0.1) is 10.5 Å². The first-order valence-corrected chi connectivity index (χ1v) is 5.75. The van der Waals surface area contributed by atoms with Crippen LogP contribution < -0.4 is 5.32 Å². The number of nitrogens with zero attached hydrogens (tertiary/aromatic N) is 2. The Labute approximate surface area is 118 Å². The summed E-state index contributed by atoms with van der Waals surface area (Å²) in [4.78, 5) is 24.8. The molecular weight excluding hydrogens is 286 g/mol. The summed E-state index contributed by atoms with van der Waals surface area (Å²) >= 11 is 5.81. The zero-order valence-electron chi connectivity index (χ0n) is 9.91. The molecule has 2 rings (SSSR count). The number of hydrogen-bond acceptors (Lipinski definition) is 5. The molecule has 0 unspecified atom stereocenters. The van der Waals surface area contributed by atoms with Crippen LogP contribution in [0.4, 0.5) is 17.2 Å². The number of carboxylic acids is 1. The lowest BCUT2D eigenvalue weighted by Gasteiger charge is -2.06. The summed E-state index contributed by atoms with van der Waals surface area (Å²) in [5, 5.41) is 23.0. The summed E-state index contributed by atoms with van der Waals surface area (Å²) in [6.45, 7) is 0. The summed E-state index contributed by atoms with van der Waals surface area (Å²) in [6.07, 6.45) is 1.04. The normalized spacial score (nSPS) is 10.1. The van der Waals surface area contributed by atoms with Crippen molar-refractivity contribution in [1.29, 1.82) is 0 Å². The van der Waals surface area contributed by atoms with Crippen LogP contribution in [0.25, 0.3) is 0 Å². The molecule has 0 amide bonds. The summed E-state index contributed by atoms with van der Waals surface area (Å²) in [5.74, 6) is -1.34. The zero-order valence-corrected chi connectivity index (χ0v) is 10.7. The van der Waals surface area contributed by atoms with Crippen LogP contribution in [0.5, 0.6) is 0 Å². The molecule has 0 fully saturated rings. The van der Waals surface area contributed by atoms with E-state index in [-0.39, 0.29) is 11.4 Å².